The smallest absolute Gasteiger partial charge is 0.201 e. The molecule has 0 saturated carbocycles. The molecule has 47 valence electrons. The Hall–Kier alpha value is -1.37. The van der Waals surface area contributed by atoms with Crippen LogP contribution in [0.2, 0.25) is 6.82 Å². The van der Waals surface area contributed by atoms with Crippen LogP contribution < -0.4 is 5.72 Å². The lowest BCUT2D eigenvalue weighted by molar-refractivity contribution is 1.21. The van der Waals surface area contributed by atoms with Crippen molar-refractivity contribution in [3.8, 4) is 6.07 Å². The van der Waals surface area contributed by atoms with Gasteiger partial charge in [-0.2, -0.15) is 5.26 Å². The number of hydrogen-bond donors (Lipinski definition) is 0. The van der Waals surface area contributed by atoms with Crippen LogP contribution in [-0.4, -0.2) is 17.2 Å². The van der Waals surface area contributed by atoms with Gasteiger partial charge in [-0.05, 0) is 0 Å². The molecule has 1 aromatic heterocycles. The minimum atomic E-state index is 0.491. The van der Waals surface area contributed by atoms with Gasteiger partial charge in [0.15, 0.2) is 0 Å². The van der Waals surface area contributed by atoms with Crippen LogP contribution in [0.5, 0.6) is 0 Å². The van der Waals surface area contributed by atoms with Gasteiger partial charge >= 0.3 is 0 Å². The first-order chi connectivity index (χ1) is 4.86. The van der Waals surface area contributed by atoms with Crippen molar-refractivity contribution in [1.29, 1.82) is 5.26 Å². The lowest BCUT2D eigenvalue weighted by Gasteiger charge is -1.90. The van der Waals surface area contributed by atoms with Gasteiger partial charge in [0, 0.05) is 12.4 Å². The molecular weight excluding hydrogens is 125 g/mol. The highest BCUT2D eigenvalue weighted by atomic mass is 14.8. The van der Waals surface area contributed by atoms with Crippen LogP contribution in [0.1, 0.15) is 5.56 Å². The molecule has 0 aliphatic carbocycles. The molecule has 0 spiro atoms. The SMILES string of the molecule is C[B]c1ncc(C#N)cn1. The Bertz CT molecular complexity index is 249. The molecular formula is C6H5BN3. The molecule has 0 fully saturated rings. The first-order valence-corrected chi connectivity index (χ1v) is 2.88. The number of aromatic nitrogens is 2. The van der Waals surface area contributed by atoms with Crippen LogP contribution in [0.15, 0.2) is 12.4 Å². The molecule has 0 saturated heterocycles. The van der Waals surface area contributed by atoms with Crippen LogP contribution in [0, 0.1) is 11.3 Å². The number of nitrogens with zero attached hydrogens (tertiary/aromatic N) is 3. The van der Waals surface area contributed by atoms with Crippen LogP contribution in [0.3, 0.4) is 0 Å². The van der Waals surface area contributed by atoms with E-state index in [0.717, 1.165) is 0 Å². The van der Waals surface area contributed by atoms with E-state index in [4.69, 9.17) is 5.26 Å². The van der Waals surface area contributed by atoms with Crippen LogP contribution in [0.4, 0.5) is 0 Å². The second-order valence-electron chi connectivity index (χ2n) is 1.73. The lowest BCUT2D eigenvalue weighted by Crippen LogP contribution is -2.18. The molecule has 10 heavy (non-hydrogen) atoms. The second-order valence-corrected chi connectivity index (χ2v) is 1.73. The fourth-order valence-corrected chi connectivity index (χ4v) is 0.545. The third-order valence-electron chi connectivity index (χ3n) is 1.06. The molecule has 0 aliphatic heterocycles. The molecule has 0 aliphatic rings. The van der Waals surface area contributed by atoms with Crippen molar-refractivity contribution in [3.05, 3.63) is 18.0 Å². The number of rotatable bonds is 1. The van der Waals surface area contributed by atoms with E-state index in [0.29, 0.717) is 11.3 Å². The Kier molecular flexibility index (Phi) is 2.01. The maximum absolute atomic E-state index is 8.36. The summed E-state index contributed by atoms with van der Waals surface area (Å²) in [5.41, 5.74) is 1.14. The summed E-state index contributed by atoms with van der Waals surface area (Å²) in [6.07, 6.45) is 3.00. The normalized spacial score (nSPS) is 8.40. The molecule has 1 heterocycles. The highest BCUT2D eigenvalue weighted by molar-refractivity contribution is 6.49. The fourth-order valence-electron chi connectivity index (χ4n) is 0.545. The molecule has 1 rings (SSSR count). The third kappa shape index (κ3) is 1.32. The highest BCUT2D eigenvalue weighted by Gasteiger charge is 1.92. The van der Waals surface area contributed by atoms with E-state index in [-0.39, 0.29) is 0 Å². The standard InChI is InChI=1S/C6H5BN3/c1-7-6-9-3-5(2-8)4-10-6/h3-4H,1H3. The van der Waals surface area contributed by atoms with Crippen molar-refractivity contribution >= 4 is 13.0 Å². The Morgan fingerprint density at radius 3 is 2.50 bits per heavy atom. The zero-order valence-corrected chi connectivity index (χ0v) is 5.57. The summed E-state index contributed by atoms with van der Waals surface area (Å²) in [6, 6.07) is 1.94. The van der Waals surface area contributed by atoms with Gasteiger partial charge in [0.05, 0.1) is 11.3 Å². The van der Waals surface area contributed by atoms with Gasteiger partial charge in [-0.15, -0.1) is 0 Å². The molecule has 0 bridgehead atoms. The molecule has 0 aromatic carbocycles. The summed E-state index contributed by atoms with van der Waals surface area (Å²) >= 11 is 0. The Labute approximate surface area is 60.0 Å². The van der Waals surface area contributed by atoms with E-state index in [1.807, 2.05) is 12.9 Å². The van der Waals surface area contributed by atoms with Crippen molar-refractivity contribution in [2.75, 3.05) is 0 Å². The lowest BCUT2D eigenvalue weighted by atomic mass is 9.81. The van der Waals surface area contributed by atoms with Gasteiger partial charge in [0.25, 0.3) is 0 Å². The van der Waals surface area contributed by atoms with Crippen molar-refractivity contribution in [2.24, 2.45) is 0 Å². The van der Waals surface area contributed by atoms with Gasteiger partial charge in [0.2, 0.25) is 7.28 Å². The molecule has 3 nitrogen and oxygen atoms in total. The van der Waals surface area contributed by atoms with Gasteiger partial charge < -0.3 is 0 Å². The minimum absolute atomic E-state index is 0.491. The Balaban J connectivity index is 2.93. The molecule has 0 amide bonds. The summed E-state index contributed by atoms with van der Waals surface area (Å²) in [7, 11) is 1.78. The molecule has 0 unspecified atom stereocenters. The third-order valence-corrected chi connectivity index (χ3v) is 1.06. The first kappa shape index (κ1) is 6.75. The topological polar surface area (TPSA) is 49.6 Å². The summed E-state index contributed by atoms with van der Waals surface area (Å²) < 4.78 is 0. The number of nitriles is 1. The Morgan fingerprint density at radius 2 is 2.10 bits per heavy atom. The van der Waals surface area contributed by atoms with Crippen LogP contribution >= 0.6 is 0 Å². The summed E-state index contributed by atoms with van der Waals surface area (Å²) in [4.78, 5) is 7.76. The largest absolute Gasteiger partial charge is 0.252 e. The highest BCUT2D eigenvalue weighted by Crippen LogP contribution is 1.85. The van der Waals surface area contributed by atoms with E-state index in [9.17, 15) is 0 Å². The molecule has 4 heteroatoms. The van der Waals surface area contributed by atoms with Crippen LogP contribution in [0.25, 0.3) is 0 Å². The van der Waals surface area contributed by atoms with E-state index in [1.54, 1.807) is 7.28 Å². The van der Waals surface area contributed by atoms with Gasteiger partial charge in [-0.1, -0.05) is 6.82 Å². The summed E-state index contributed by atoms with van der Waals surface area (Å²) in [5, 5.41) is 8.36. The van der Waals surface area contributed by atoms with Crippen molar-refractivity contribution in [1.82, 2.24) is 9.97 Å². The zero-order valence-electron chi connectivity index (χ0n) is 5.57. The minimum Gasteiger partial charge on any atom is -0.252 e. The average molecular weight is 130 g/mol. The van der Waals surface area contributed by atoms with Crippen molar-refractivity contribution in [2.45, 2.75) is 6.82 Å². The van der Waals surface area contributed by atoms with E-state index >= 15 is 0 Å². The fraction of sp³-hybridized carbons (Fsp3) is 0.167. The predicted octanol–water partition coefficient (Wildman–Crippen LogP) is -0.274. The number of hydrogen-bond acceptors (Lipinski definition) is 3. The molecule has 1 radical (unpaired) electrons. The molecule has 0 N–H and O–H groups in total. The van der Waals surface area contributed by atoms with Crippen LogP contribution in [-0.2, 0) is 0 Å². The maximum atomic E-state index is 8.36. The van der Waals surface area contributed by atoms with E-state index in [1.165, 1.54) is 12.4 Å². The zero-order chi connectivity index (χ0) is 7.40. The first-order valence-electron chi connectivity index (χ1n) is 2.88. The average Bonchev–Trinajstić information content (AvgIpc) is 2.05. The second kappa shape index (κ2) is 2.97. The molecule has 1 aromatic rings. The Morgan fingerprint density at radius 1 is 1.50 bits per heavy atom. The predicted molar refractivity (Wildman–Crippen MR) is 38.0 cm³/mol. The monoisotopic (exact) mass is 130 g/mol. The molecule has 0 atom stereocenters. The summed E-state index contributed by atoms with van der Waals surface area (Å²) in [6.45, 7) is 1.85. The summed E-state index contributed by atoms with van der Waals surface area (Å²) in [5.74, 6) is 0. The van der Waals surface area contributed by atoms with E-state index in [2.05, 4.69) is 9.97 Å². The van der Waals surface area contributed by atoms with Gasteiger partial charge in [0.1, 0.15) is 6.07 Å². The van der Waals surface area contributed by atoms with Crippen molar-refractivity contribution < 1.29 is 0 Å². The quantitative estimate of drug-likeness (QED) is 0.491. The van der Waals surface area contributed by atoms with Crippen molar-refractivity contribution in [3.63, 3.8) is 0 Å². The maximum Gasteiger partial charge on any atom is 0.201 e. The van der Waals surface area contributed by atoms with Gasteiger partial charge in [-0.3, -0.25) is 9.97 Å². The van der Waals surface area contributed by atoms with E-state index < -0.39 is 0 Å². The van der Waals surface area contributed by atoms with Gasteiger partial charge in [-0.25, -0.2) is 0 Å².